The normalized spacial score (nSPS) is 22.8. The van der Waals surface area contributed by atoms with Crippen LogP contribution < -0.4 is 0 Å². The molecule has 2 aromatic rings. The van der Waals surface area contributed by atoms with E-state index >= 15 is 0 Å². The van der Waals surface area contributed by atoms with Crippen molar-refractivity contribution in [1.82, 2.24) is 9.78 Å². The van der Waals surface area contributed by atoms with Crippen molar-refractivity contribution in [1.29, 1.82) is 0 Å². The second-order valence-electron chi connectivity index (χ2n) is 6.08. The first-order chi connectivity index (χ1) is 9.09. The number of furan rings is 1. The van der Waals surface area contributed by atoms with Gasteiger partial charge in [-0.1, -0.05) is 20.8 Å². The van der Waals surface area contributed by atoms with E-state index in [1.807, 2.05) is 12.1 Å². The molecule has 2 heterocycles. The fraction of sp³-hybridized carbons (Fsp3) is 0.562. The lowest BCUT2D eigenvalue weighted by atomic mass is 9.75. The summed E-state index contributed by atoms with van der Waals surface area (Å²) < 4.78 is 7.64. The van der Waals surface area contributed by atoms with Crippen molar-refractivity contribution in [2.24, 2.45) is 13.0 Å². The lowest BCUT2D eigenvalue weighted by molar-refractivity contribution is 0.390. The van der Waals surface area contributed by atoms with Gasteiger partial charge in [0.2, 0.25) is 0 Å². The average Bonchev–Trinajstić information content (AvgIpc) is 2.98. The summed E-state index contributed by atoms with van der Waals surface area (Å²) in [6, 6.07) is 3.94. The Morgan fingerprint density at radius 2 is 2.16 bits per heavy atom. The van der Waals surface area contributed by atoms with Crippen molar-refractivity contribution >= 4 is 0 Å². The highest BCUT2D eigenvalue weighted by Crippen LogP contribution is 2.45. The van der Waals surface area contributed by atoms with Crippen LogP contribution >= 0.6 is 0 Å². The third-order valence-corrected chi connectivity index (χ3v) is 4.44. The third-order valence-electron chi connectivity index (χ3n) is 4.44. The van der Waals surface area contributed by atoms with E-state index in [4.69, 9.17) is 9.52 Å². The molecule has 0 N–H and O–H groups in total. The van der Waals surface area contributed by atoms with Crippen molar-refractivity contribution < 1.29 is 4.42 Å². The molecule has 0 bridgehead atoms. The molecule has 1 aliphatic carbocycles. The Balaban J connectivity index is 2.18. The van der Waals surface area contributed by atoms with Gasteiger partial charge in [-0.2, -0.15) is 5.10 Å². The number of hydrogen-bond donors (Lipinski definition) is 0. The minimum Gasteiger partial charge on any atom is -0.463 e. The van der Waals surface area contributed by atoms with E-state index < -0.39 is 0 Å². The summed E-state index contributed by atoms with van der Waals surface area (Å²) in [6.07, 6.45) is 4.24. The topological polar surface area (TPSA) is 31.0 Å². The molecule has 0 radical (unpaired) electrons. The fourth-order valence-corrected chi connectivity index (χ4v) is 3.43. The maximum absolute atomic E-state index is 5.57. The van der Waals surface area contributed by atoms with Crippen LogP contribution in [0.4, 0.5) is 0 Å². The molecule has 102 valence electrons. The molecule has 0 aliphatic heterocycles. The van der Waals surface area contributed by atoms with Gasteiger partial charge in [0, 0.05) is 24.2 Å². The van der Waals surface area contributed by atoms with Crippen LogP contribution in [0, 0.1) is 5.92 Å². The summed E-state index contributed by atoms with van der Waals surface area (Å²) in [4.78, 5) is 0. The smallest absolute Gasteiger partial charge is 0.154 e. The first-order valence-electron chi connectivity index (χ1n) is 7.20. The lowest BCUT2D eigenvalue weighted by Crippen LogP contribution is -2.19. The van der Waals surface area contributed by atoms with E-state index in [2.05, 4.69) is 32.5 Å². The molecular formula is C16H22N2O. The second-order valence-corrected chi connectivity index (χ2v) is 6.08. The molecule has 0 aromatic carbocycles. The first-order valence-corrected chi connectivity index (χ1v) is 7.20. The number of aryl methyl sites for hydroxylation is 1. The summed E-state index contributed by atoms with van der Waals surface area (Å²) in [5.74, 6) is 2.74. The molecule has 2 atom stereocenters. The summed E-state index contributed by atoms with van der Waals surface area (Å²) in [7, 11) is 2.07. The molecule has 3 nitrogen and oxygen atoms in total. The van der Waals surface area contributed by atoms with E-state index in [9.17, 15) is 0 Å². The Labute approximate surface area is 114 Å². The Kier molecular flexibility index (Phi) is 3.00. The van der Waals surface area contributed by atoms with Gasteiger partial charge in [0.25, 0.3) is 0 Å². The summed E-state index contributed by atoms with van der Waals surface area (Å²) >= 11 is 0. The van der Waals surface area contributed by atoms with Gasteiger partial charge in [-0.3, -0.25) is 4.68 Å². The van der Waals surface area contributed by atoms with Crippen LogP contribution in [0.15, 0.2) is 22.8 Å². The quantitative estimate of drug-likeness (QED) is 0.803. The highest BCUT2D eigenvalue weighted by molar-refractivity contribution is 5.60. The van der Waals surface area contributed by atoms with Crippen LogP contribution in [0.1, 0.15) is 56.7 Å². The third kappa shape index (κ3) is 1.92. The van der Waals surface area contributed by atoms with Gasteiger partial charge in [0.05, 0.1) is 6.26 Å². The van der Waals surface area contributed by atoms with Crippen molar-refractivity contribution in [3.63, 3.8) is 0 Å². The number of fused-ring (bicyclic) bond motifs is 1. The van der Waals surface area contributed by atoms with E-state index in [-0.39, 0.29) is 0 Å². The molecule has 0 unspecified atom stereocenters. The monoisotopic (exact) mass is 258 g/mol. The molecule has 0 spiro atoms. The number of hydrogen-bond acceptors (Lipinski definition) is 2. The van der Waals surface area contributed by atoms with Gasteiger partial charge >= 0.3 is 0 Å². The first kappa shape index (κ1) is 12.5. The minimum absolute atomic E-state index is 0.568. The molecule has 3 rings (SSSR count). The van der Waals surface area contributed by atoms with Gasteiger partial charge in [0.15, 0.2) is 5.76 Å². The predicted octanol–water partition coefficient (Wildman–Crippen LogP) is 4.32. The van der Waals surface area contributed by atoms with Crippen LogP contribution in [0.25, 0.3) is 11.5 Å². The fourth-order valence-electron chi connectivity index (χ4n) is 3.43. The molecular weight excluding hydrogens is 236 g/mol. The molecule has 0 saturated carbocycles. The van der Waals surface area contributed by atoms with Crippen molar-refractivity contribution in [3.8, 4) is 11.5 Å². The Morgan fingerprint density at radius 3 is 2.79 bits per heavy atom. The molecule has 1 aliphatic rings. The second kappa shape index (κ2) is 4.55. The van der Waals surface area contributed by atoms with Crippen LogP contribution in [0.5, 0.6) is 0 Å². The molecule has 3 heteroatoms. The van der Waals surface area contributed by atoms with Gasteiger partial charge < -0.3 is 4.42 Å². The Hall–Kier alpha value is -1.51. The van der Waals surface area contributed by atoms with Crippen molar-refractivity contribution in [2.75, 3.05) is 0 Å². The van der Waals surface area contributed by atoms with Gasteiger partial charge in [-0.25, -0.2) is 0 Å². The van der Waals surface area contributed by atoms with E-state index in [1.54, 1.807) is 6.26 Å². The van der Waals surface area contributed by atoms with Gasteiger partial charge in [0.1, 0.15) is 5.69 Å². The molecule has 0 amide bonds. The molecule has 19 heavy (non-hydrogen) atoms. The average molecular weight is 258 g/mol. The van der Waals surface area contributed by atoms with Crippen molar-refractivity contribution in [3.05, 3.63) is 29.7 Å². The molecule has 0 saturated heterocycles. The summed E-state index contributed by atoms with van der Waals surface area (Å²) in [5.41, 5.74) is 3.86. The number of rotatable bonds is 2. The SMILES string of the molecule is CC(C)[C@@H]1CC[C@@H](C)c2c(-c3ccco3)nn(C)c21. The maximum atomic E-state index is 5.57. The van der Waals surface area contributed by atoms with Crippen LogP contribution in [0.2, 0.25) is 0 Å². The van der Waals surface area contributed by atoms with Gasteiger partial charge in [-0.05, 0) is 36.8 Å². The predicted molar refractivity (Wildman–Crippen MR) is 76.1 cm³/mol. The number of aromatic nitrogens is 2. The summed E-state index contributed by atoms with van der Waals surface area (Å²) in [6.45, 7) is 6.93. The van der Waals surface area contributed by atoms with Crippen LogP contribution in [-0.4, -0.2) is 9.78 Å². The number of nitrogens with zero attached hydrogens (tertiary/aromatic N) is 2. The summed E-state index contributed by atoms with van der Waals surface area (Å²) in [5, 5.41) is 4.74. The van der Waals surface area contributed by atoms with Gasteiger partial charge in [-0.15, -0.1) is 0 Å². The molecule has 2 aromatic heterocycles. The zero-order chi connectivity index (χ0) is 13.6. The Morgan fingerprint density at radius 1 is 1.37 bits per heavy atom. The van der Waals surface area contributed by atoms with E-state index in [0.29, 0.717) is 17.8 Å². The zero-order valence-corrected chi connectivity index (χ0v) is 12.2. The van der Waals surface area contributed by atoms with Crippen LogP contribution in [-0.2, 0) is 7.05 Å². The van der Waals surface area contributed by atoms with Crippen LogP contribution in [0.3, 0.4) is 0 Å². The lowest BCUT2D eigenvalue weighted by Gasteiger charge is -2.30. The largest absolute Gasteiger partial charge is 0.463 e. The minimum atomic E-state index is 0.568. The zero-order valence-electron chi connectivity index (χ0n) is 12.2. The standard InChI is InChI=1S/C16H22N2O/c1-10(2)12-8-7-11(3)14-15(13-6-5-9-19-13)17-18(4)16(12)14/h5-6,9-12H,7-8H2,1-4H3/t11-,12+/m1/s1. The highest BCUT2D eigenvalue weighted by atomic mass is 16.3. The van der Waals surface area contributed by atoms with E-state index in [0.717, 1.165) is 11.5 Å². The maximum Gasteiger partial charge on any atom is 0.154 e. The van der Waals surface area contributed by atoms with E-state index in [1.165, 1.54) is 24.1 Å². The van der Waals surface area contributed by atoms with Crippen molar-refractivity contribution in [2.45, 2.75) is 45.4 Å². The Bertz CT molecular complexity index is 566. The molecule has 0 fully saturated rings. The highest BCUT2D eigenvalue weighted by Gasteiger charge is 2.33.